The molecule has 0 saturated carbocycles. The fraction of sp³-hybridized carbons (Fsp3) is 0.600. The Morgan fingerprint density at radius 1 is 1.39 bits per heavy atom. The van der Waals surface area contributed by atoms with E-state index < -0.39 is 0 Å². The SMILES string of the molecule is CCOC[C@H](C)N[C@@H](C)[C@H]1COc2ccccc21. The van der Waals surface area contributed by atoms with Crippen molar-refractivity contribution in [1.29, 1.82) is 0 Å². The summed E-state index contributed by atoms with van der Waals surface area (Å²) < 4.78 is 11.2. The third-order valence-corrected chi connectivity index (χ3v) is 3.46. The summed E-state index contributed by atoms with van der Waals surface area (Å²) in [5.41, 5.74) is 1.32. The standard InChI is InChI=1S/C15H23NO2/c1-4-17-9-11(2)16-12(3)14-10-18-15-8-6-5-7-13(14)15/h5-8,11-12,14,16H,4,9-10H2,1-3H3/t11-,12-,14+/m0/s1. The van der Waals surface area contributed by atoms with Crippen LogP contribution in [0.4, 0.5) is 0 Å². The first-order valence-corrected chi connectivity index (χ1v) is 6.78. The van der Waals surface area contributed by atoms with E-state index in [1.807, 2.05) is 19.1 Å². The molecule has 2 rings (SSSR count). The molecule has 0 aliphatic carbocycles. The van der Waals surface area contributed by atoms with Gasteiger partial charge in [-0.3, -0.25) is 0 Å². The molecule has 0 spiro atoms. The predicted octanol–water partition coefficient (Wildman–Crippen LogP) is 2.57. The van der Waals surface area contributed by atoms with Gasteiger partial charge in [-0.05, 0) is 26.8 Å². The van der Waals surface area contributed by atoms with Crippen molar-refractivity contribution >= 4 is 0 Å². The maximum absolute atomic E-state index is 5.72. The summed E-state index contributed by atoms with van der Waals surface area (Å²) in [5, 5.41) is 3.59. The Hall–Kier alpha value is -1.06. The van der Waals surface area contributed by atoms with Gasteiger partial charge in [-0.15, -0.1) is 0 Å². The first-order chi connectivity index (χ1) is 8.72. The minimum atomic E-state index is 0.368. The van der Waals surface area contributed by atoms with Crippen LogP contribution in [0.1, 0.15) is 32.3 Å². The highest BCUT2D eigenvalue weighted by Gasteiger charge is 2.29. The summed E-state index contributed by atoms with van der Waals surface area (Å²) in [7, 11) is 0. The quantitative estimate of drug-likeness (QED) is 0.840. The van der Waals surface area contributed by atoms with Crippen LogP contribution in [0.15, 0.2) is 24.3 Å². The van der Waals surface area contributed by atoms with Gasteiger partial charge in [0.25, 0.3) is 0 Å². The number of benzene rings is 1. The van der Waals surface area contributed by atoms with E-state index in [4.69, 9.17) is 9.47 Å². The van der Waals surface area contributed by atoms with E-state index in [1.165, 1.54) is 5.56 Å². The topological polar surface area (TPSA) is 30.5 Å². The van der Waals surface area contributed by atoms with Crippen molar-refractivity contribution < 1.29 is 9.47 Å². The van der Waals surface area contributed by atoms with Gasteiger partial charge >= 0.3 is 0 Å². The van der Waals surface area contributed by atoms with Crippen LogP contribution in [-0.2, 0) is 4.74 Å². The van der Waals surface area contributed by atoms with Gasteiger partial charge in [0.15, 0.2) is 0 Å². The van der Waals surface area contributed by atoms with E-state index in [0.29, 0.717) is 18.0 Å². The number of ether oxygens (including phenoxy) is 2. The van der Waals surface area contributed by atoms with Gasteiger partial charge < -0.3 is 14.8 Å². The van der Waals surface area contributed by atoms with Crippen molar-refractivity contribution in [3.8, 4) is 5.75 Å². The van der Waals surface area contributed by atoms with Crippen molar-refractivity contribution in [2.45, 2.75) is 38.8 Å². The molecule has 0 fully saturated rings. The molecule has 0 radical (unpaired) electrons. The van der Waals surface area contributed by atoms with Crippen molar-refractivity contribution in [2.75, 3.05) is 19.8 Å². The number of hydrogen-bond donors (Lipinski definition) is 1. The molecule has 100 valence electrons. The number of para-hydroxylation sites is 1. The highest BCUT2D eigenvalue weighted by atomic mass is 16.5. The molecule has 1 heterocycles. The van der Waals surface area contributed by atoms with Crippen LogP contribution in [0.2, 0.25) is 0 Å². The smallest absolute Gasteiger partial charge is 0.122 e. The number of fused-ring (bicyclic) bond motifs is 1. The van der Waals surface area contributed by atoms with Crippen LogP contribution in [0, 0.1) is 0 Å². The lowest BCUT2D eigenvalue weighted by atomic mass is 9.94. The zero-order valence-electron chi connectivity index (χ0n) is 11.5. The van der Waals surface area contributed by atoms with Crippen LogP contribution in [0.3, 0.4) is 0 Å². The van der Waals surface area contributed by atoms with Crippen LogP contribution in [0.25, 0.3) is 0 Å². The largest absolute Gasteiger partial charge is 0.493 e. The average Bonchev–Trinajstić information content (AvgIpc) is 2.80. The lowest BCUT2D eigenvalue weighted by molar-refractivity contribution is 0.122. The summed E-state index contributed by atoms with van der Waals surface area (Å²) in [6.45, 7) is 8.71. The molecular weight excluding hydrogens is 226 g/mol. The van der Waals surface area contributed by atoms with Crippen molar-refractivity contribution in [3.05, 3.63) is 29.8 Å². The van der Waals surface area contributed by atoms with Gasteiger partial charge in [0.05, 0.1) is 13.2 Å². The molecule has 1 N–H and O–H groups in total. The Morgan fingerprint density at radius 2 is 2.17 bits per heavy atom. The number of rotatable bonds is 6. The molecule has 18 heavy (non-hydrogen) atoms. The summed E-state index contributed by atoms with van der Waals surface area (Å²) in [4.78, 5) is 0. The highest BCUT2D eigenvalue weighted by molar-refractivity contribution is 5.40. The Morgan fingerprint density at radius 3 is 2.94 bits per heavy atom. The van der Waals surface area contributed by atoms with Crippen LogP contribution >= 0.6 is 0 Å². The molecule has 1 aliphatic rings. The Labute approximate surface area is 109 Å². The minimum Gasteiger partial charge on any atom is -0.493 e. The Balaban J connectivity index is 1.92. The van der Waals surface area contributed by atoms with E-state index >= 15 is 0 Å². The maximum atomic E-state index is 5.72. The lowest BCUT2D eigenvalue weighted by Gasteiger charge is -2.24. The van der Waals surface area contributed by atoms with Crippen molar-refractivity contribution in [1.82, 2.24) is 5.32 Å². The third-order valence-electron chi connectivity index (χ3n) is 3.46. The lowest BCUT2D eigenvalue weighted by Crippen LogP contribution is -2.41. The number of hydrogen-bond acceptors (Lipinski definition) is 3. The highest BCUT2D eigenvalue weighted by Crippen LogP contribution is 2.35. The molecule has 1 aliphatic heterocycles. The van der Waals surface area contributed by atoms with Gasteiger partial charge in [-0.25, -0.2) is 0 Å². The molecule has 3 atom stereocenters. The van der Waals surface area contributed by atoms with Gasteiger partial charge in [0, 0.05) is 30.2 Å². The second-order valence-electron chi connectivity index (χ2n) is 4.97. The molecule has 3 nitrogen and oxygen atoms in total. The normalized spacial score (nSPS) is 21.2. The zero-order chi connectivity index (χ0) is 13.0. The van der Waals surface area contributed by atoms with Gasteiger partial charge in [0.1, 0.15) is 5.75 Å². The molecule has 0 unspecified atom stereocenters. The van der Waals surface area contributed by atoms with Gasteiger partial charge in [0.2, 0.25) is 0 Å². The molecule has 0 aromatic heterocycles. The average molecular weight is 249 g/mol. The van der Waals surface area contributed by atoms with Crippen LogP contribution in [-0.4, -0.2) is 31.9 Å². The van der Waals surface area contributed by atoms with E-state index in [9.17, 15) is 0 Å². The minimum absolute atomic E-state index is 0.368. The third kappa shape index (κ3) is 3.03. The van der Waals surface area contributed by atoms with Crippen LogP contribution < -0.4 is 10.1 Å². The van der Waals surface area contributed by atoms with E-state index in [-0.39, 0.29) is 0 Å². The summed E-state index contributed by atoms with van der Waals surface area (Å²) >= 11 is 0. The maximum Gasteiger partial charge on any atom is 0.122 e. The first-order valence-electron chi connectivity index (χ1n) is 6.78. The second-order valence-corrected chi connectivity index (χ2v) is 4.97. The Kier molecular flexibility index (Phi) is 4.61. The zero-order valence-corrected chi connectivity index (χ0v) is 11.5. The second kappa shape index (κ2) is 6.21. The summed E-state index contributed by atoms with van der Waals surface area (Å²) in [5.74, 6) is 1.47. The van der Waals surface area contributed by atoms with E-state index in [2.05, 4.69) is 31.3 Å². The molecule has 0 saturated heterocycles. The fourth-order valence-corrected chi connectivity index (χ4v) is 2.51. The monoisotopic (exact) mass is 249 g/mol. The van der Waals surface area contributed by atoms with Gasteiger partial charge in [-0.2, -0.15) is 0 Å². The van der Waals surface area contributed by atoms with E-state index in [1.54, 1.807) is 0 Å². The molecule has 0 amide bonds. The summed E-state index contributed by atoms with van der Waals surface area (Å²) in [6.07, 6.45) is 0. The van der Waals surface area contributed by atoms with Crippen LogP contribution in [0.5, 0.6) is 5.75 Å². The predicted molar refractivity (Wildman–Crippen MR) is 73.2 cm³/mol. The van der Waals surface area contributed by atoms with E-state index in [0.717, 1.165) is 25.6 Å². The molecule has 1 aromatic rings. The molecular formula is C15H23NO2. The van der Waals surface area contributed by atoms with Crippen molar-refractivity contribution in [3.63, 3.8) is 0 Å². The summed E-state index contributed by atoms with van der Waals surface area (Å²) in [6, 6.07) is 9.08. The molecule has 3 heteroatoms. The fourth-order valence-electron chi connectivity index (χ4n) is 2.51. The molecule has 0 bridgehead atoms. The Bertz CT molecular complexity index is 381. The van der Waals surface area contributed by atoms with Gasteiger partial charge in [-0.1, -0.05) is 18.2 Å². The number of nitrogens with one attached hydrogen (secondary N) is 1. The first kappa shape index (κ1) is 13.4. The van der Waals surface area contributed by atoms with Crippen molar-refractivity contribution in [2.24, 2.45) is 0 Å². The molecule has 1 aromatic carbocycles.